The Kier molecular flexibility index (Phi) is 9.01. The third-order valence-corrected chi connectivity index (χ3v) is 8.02. The average molecular weight is 502 g/mol. The highest BCUT2D eigenvalue weighted by atomic mass is 32.2. The number of benzene rings is 2. The molecule has 0 bridgehead atoms. The fourth-order valence-electron chi connectivity index (χ4n) is 4.54. The molecule has 8 nitrogen and oxygen atoms in total. The number of nitrogens with one attached hydrogen (secondary N) is 1. The Hall–Kier alpha value is -2.62. The van der Waals surface area contributed by atoms with Gasteiger partial charge in [-0.15, -0.1) is 0 Å². The first-order valence-electron chi connectivity index (χ1n) is 12.5. The largest absolute Gasteiger partial charge is 0.464 e. The summed E-state index contributed by atoms with van der Waals surface area (Å²) in [6, 6.07) is 16.7. The van der Waals surface area contributed by atoms with Crippen LogP contribution in [0.5, 0.6) is 0 Å². The van der Waals surface area contributed by atoms with Crippen LogP contribution < -0.4 is 9.62 Å². The molecule has 2 aromatic carbocycles. The zero-order valence-corrected chi connectivity index (χ0v) is 20.9. The first-order chi connectivity index (χ1) is 17.0. The molecule has 1 N–H and O–H groups in total. The van der Waals surface area contributed by atoms with E-state index in [1.807, 2.05) is 30.3 Å². The predicted molar refractivity (Wildman–Crippen MR) is 137 cm³/mol. The van der Waals surface area contributed by atoms with Crippen molar-refractivity contribution in [3.05, 3.63) is 60.2 Å². The number of morpholine rings is 1. The number of aryl methyl sites for hydroxylation is 1. The first-order valence-corrected chi connectivity index (χ1v) is 13.9. The molecule has 0 aromatic heterocycles. The number of anilines is 2. The second-order valence-corrected chi connectivity index (χ2v) is 10.6. The van der Waals surface area contributed by atoms with Crippen LogP contribution >= 0.6 is 0 Å². The Morgan fingerprint density at radius 2 is 1.71 bits per heavy atom. The Morgan fingerprint density at radius 1 is 0.971 bits per heavy atom. The minimum absolute atomic E-state index is 0.298. The highest BCUT2D eigenvalue weighted by Crippen LogP contribution is 2.25. The van der Waals surface area contributed by atoms with Crippen LogP contribution in [0.4, 0.5) is 11.4 Å². The van der Waals surface area contributed by atoms with Crippen molar-refractivity contribution in [2.24, 2.45) is 0 Å². The van der Waals surface area contributed by atoms with Crippen LogP contribution in [0, 0.1) is 0 Å². The SMILES string of the molecule is O=C(OCCCCc1ccccc1)[C@H]1CCCCN1S(=O)(=O)Nc1ccc(N2CCOCC2)cc1. The predicted octanol–water partition coefficient (Wildman–Crippen LogP) is 3.60. The Balaban J connectivity index is 1.29. The number of nitrogens with zero attached hydrogens (tertiary/aromatic N) is 2. The van der Waals surface area contributed by atoms with Gasteiger partial charge < -0.3 is 14.4 Å². The molecule has 2 fully saturated rings. The number of unbranched alkanes of at least 4 members (excludes halogenated alkanes) is 1. The van der Waals surface area contributed by atoms with Gasteiger partial charge in [0.05, 0.1) is 19.8 Å². The molecule has 2 heterocycles. The van der Waals surface area contributed by atoms with Gasteiger partial charge in [0, 0.05) is 31.0 Å². The van der Waals surface area contributed by atoms with Crippen molar-refractivity contribution < 1.29 is 22.7 Å². The molecule has 9 heteroatoms. The molecule has 0 amide bonds. The Labute approximate surface area is 208 Å². The van der Waals surface area contributed by atoms with Crippen LogP contribution in [0.15, 0.2) is 54.6 Å². The molecule has 2 aliphatic heterocycles. The summed E-state index contributed by atoms with van der Waals surface area (Å²) in [4.78, 5) is 15.0. The molecule has 2 aromatic rings. The Morgan fingerprint density at radius 3 is 2.46 bits per heavy atom. The van der Waals surface area contributed by atoms with Gasteiger partial charge in [-0.25, -0.2) is 0 Å². The van der Waals surface area contributed by atoms with E-state index in [9.17, 15) is 13.2 Å². The number of hydrogen-bond donors (Lipinski definition) is 1. The van der Waals surface area contributed by atoms with Crippen LogP contribution in [0.25, 0.3) is 0 Å². The lowest BCUT2D eigenvalue weighted by Crippen LogP contribution is -2.50. The monoisotopic (exact) mass is 501 g/mol. The molecule has 4 rings (SSSR count). The molecule has 35 heavy (non-hydrogen) atoms. The summed E-state index contributed by atoms with van der Waals surface area (Å²) >= 11 is 0. The van der Waals surface area contributed by atoms with Gasteiger partial charge in [-0.05, 0) is 68.4 Å². The molecule has 1 atom stereocenters. The molecule has 0 radical (unpaired) electrons. The molecular weight excluding hydrogens is 466 g/mol. The maximum Gasteiger partial charge on any atom is 0.324 e. The van der Waals surface area contributed by atoms with Gasteiger partial charge in [-0.2, -0.15) is 12.7 Å². The topological polar surface area (TPSA) is 88.2 Å². The van der Waals surface area contributed by atoms with Crippen molar-refractivity contribution in [3.63, 3.8) is 0 Å². The fourth-order valence-corrected chi connectivity index (χ4v) is 5.99. The summed E-state index contributed by atoms with van der Waals surface area (Å²) in [5, 5.41) is 0. The van der Waals surface area contributed by atoms with Gasteiger partial charge >= 0.3 is 16.2 Å². The van der Waals surface area contributed by atoms with E-state index in [-0.39, 0.29) is 0 Å². The zero-order valence-electron chi connectivity index (χ0n) is 20.1. The van der Waals surface area contributed by atoms with Gasteiger partial charge in [0.2, 0.25) is 0 Å². The highest BCUT2D eigenvalue weighted by molar-refractivity contribution is 7.90. The van der Waals surface area contributed by atoms with Gasteiger partial charge in [0.15, 0.2) is 0 Å². The quantitative estimate of drug-likeness (QED) is 0.395. The molecule has 0 spiro atoms. The van der Waals surface area contributed by atoms with E-state index >= 15 is 0 Å². The standard InChI is InChI=1S/C26H35N3O5S/c30-26(34-19-7-5-10-22-8-2-1-3-9-22)25-11-4-6-16-29(25)35(31,32)27-23-12-14-24(15-13-23)28-17-20-33-21-18-28/h1-3,8-9,12-15,25,27H,4-7,10-11,16-21H2/t25-/m1/s1. The van der Waals surface area contributed by atoms with Crippen LogP contribution in [-0.2, 0) is 30.9 Å². The number of piperidine rings is 1. The van der Waals surface area contributed by atoms with Crippen molar-refractivity contribution in [2.45, 2.75) is 44.6 Å². The summed E-state index contributed by atoms with van der Waals surface area (Å²) < 4.78 is 41.1. The van der Waals surface area contributed by atoms with Crippen LogP contribution in [0.1, 0.15) is 37.7 Å². The maximum absolute atomic E-state index is 13.2. The molecule has 0 saturated carbocycles. The average Bonchev–Trinajstić information content (AvgIpc) is 2.90. The zero-order chi connectivity index (χ0) is 24.5. The summed E-state index contributed by atoms with van der Waals surface area (Å²) in [5.41, 5.74) is 2.76. The van der Waals surface area contributed by atoms with E-state index in [0.717, 1.165) is 50.9 Å². The summed E-state index contributed by atoms with van der Waals surface area (Å²) in [6.07, 6.45) is 4.57. The smallest absolute Gasteiger partial charge is 0.324 e. The normalized spacial score (nSPS) is 19.3. The van der Waals surface area contributed by atoms with Gasteiger partial charge in [-0.3, -0.25) is 9.52 Å². The molecule has 0 unspecified atom stereocenters. The third-order valence-electron chi connectivity index (χ3n) is 6.47. The third kappa shape index (κ3) is 7.19. The van der Waals surface area contributed by atoms with Crippen molar-refractivity contribution >= 4 is 27.6 Å². The lowest BCUT2D eigenvalue weighted by Gasteiger charge is -2.33. The van der Waals surface area contributed by atoms with Crippen molar-refractivity contribution in [1.82, 2.24) is 4.31 Å². The number of carbonyl (C=O) groups excluding carboxylic acids is 1. The van der Waals surface area contributed by atoms with E-state index in [1.54, 1.807) is 12.1 Å². The minimum atomic E-state index is -3.89. The first kappa shape index (κ1) is 25.5. The van der Waals surface area contributed by atoms with Crippen LogP contribution in [-0.4, -0.2) is 64.2 Å². The van der Waals surface area contributed by atoms with E-state index in [0.29, 0.717) is 38.5 Å². The fraction of sp³-hybridized carbons (Fsp3) is 0.500. The number of rotatable bonds is 10. The lowest BCUT2D eigenvalue weighted by atomic mass is 10.1. The van der Waals surface area contributed by atoms with Gasteiger partial charge in [0.25, 0.3) is 0 Å². The van der Waals surface area contributed by atoms with E-state index in [1.165, 1.54) is 9.87 Å². The summed E-state index contributed by atoms with van der Waals surface area (Å²) in [7, 11) is -3.89. The second kappa shape index (κ2) is 12.4. The van der Waals surface area contributed by atoms with Gasteiger partial charge in [-0.1, -0.05) is 30.3 Å². The number of ether oxygens (including phenoxy) is 2. The molecule has 2 saturated heterocycles. The molecular formula is C26H35N3O5S. The Bertz CT molecular complexity index is 1040. The van der Waals surface area contributed by atoms with Crippen LogP contribution in [0.3, 0.4) is 0 Å². The second-order valence-electron chi connectivity index (χ2n) is 8.99. The lowest BCUT2D eigenvalue weighted by molar-refractivity contribution is -0.149. The van der Waals surface area contributed by atoms with Crippen molar-refractivity contribution in [1.29, 1.82) is 0 Å². The van der Waals surface area contributed by atoms with E-state index in [2.05, 4.69) is 21.8 Å². The van der Waals surface area contributed by atoms with E-state index < -0.39 is 22.2 Å². The van der Waals surface area contributed by atoms with E-state index in [4.69, 9.17) is 9.47 Å². The number of carbonyl (C=O) groups is 1. The molecule has 2 aliphatic rings. The van der Waals surface area contributed by atoms with Crippen LogP contribution in [0.2, 0.25) is 0 Å². The summed E-state index contributed by atoms with van der Waals surface area (Å²) in [5.74, 6) is -0.461. The minimum Gasteiger partial charge on any atom is -0.464 e. The maximum atomic E-state index is 13.2. The molecule has 190 valence electrons. The highest BCUT2D eigenvalue weighted by Gasteiger charge is 2.37. The summed E-state index contributed by atoms with van der Waals surface area (Å²) in [6.45, 7) is 3.60. The van der Waals surface area contributed by atoms with Crippen molar-refractivity contribution in [3.8, 4) is 0 Å². The number of esters is 1. The van der Waals surface area contributed by atoms with Gasteiger partial charge in [0.1, 0.15) is 6.04 Å². The number of hydrogen-bond acceptors (Lipinski definition) is 6. The van der Waals surface area contributed by atoms with Crippen molar-refractivity contribution in [2.75, 3.05) is 49.1 Å². The molecule has 0 aliphatic carbocycles.